The Hall–Kier alpha value is -4.06. The number of hydrogen-bond donors (Lipinski definition) is 1. The number of rotatable bonds is 8. The van der Waals surface area contributed by atoms with Gasteiger partial charge in [0.2, 0.25) is 0 Å². The van der Waals surface area contributed by atoms with E-state index in [0.29, 0.717) is 41.9 Å². The molecule has 1 saturated heterocycles. The summed E-state index contributed by atoms with van der Waals surface area (Å²) in [5.41, 5.74) is 2.73. The summed E-state index contributed by atoms with van der Waals surface area (Å²) in [4.78, 5) is 28.5. The van der Waals surface area contributed by atoms with Crippen LogP contribution in [0.25, 0.3) is 5.76 Å². The van der Waals surface area contributed by atoms with Crippen LogP contribution in [0.15, 0.2) is 78.4 Å². The van der Waals surface area contributed by atoms with Gasteiger partial charge in [-0.15, -0.1) is 0 Å². The van der Waals surface area contributed by atoms with Gasteiger partial charge in [-0.25, -0.2) is 0 Å². The highest BCUT2D eigenvalue weighted by atomic mass is 16.5. The number of carbonyl (C=O) groups is 2. The van der Waals surface area contributed by atoms with Crippen molar-refractivity contribution >= 4 is 23.1 Å². The predicted octanol–water partition coefficient (Wildman–Crippen LogP) is 7.04. The monoisotopic (exact) mass is 527 g/mol. The van der Waals surface area contributed by atoms with E-state index in [1.807, 2.05) is 31.2 Å². The molecular weight excluding hydrogens is 490 g/mol. The zero-order valence-corrected chi connectivity index (χ0v) is 23.5. The molecule has 3 aromatic carbocycles. The van der Waals surface area contributed by atoms with Gasteiger partial charge in [0.15, 0.2) is 0 Å². The number of ketones is 1. The van der Waals surface area contributed by atoms with Crippen molar-refractivity contribution in [1.82, 2.24) is 0 Å². The van der Waals surface area contributed by atoms with Gasteiger partial charge in [-0.05, 0) is 53.6 Å². The number of nitrogens with zero attached hydrogens (tertiary/aromatic N) is 1. The van der Waals surface area contributed by atoms with E-state index in [4.69, 9.17) is 9.47 Å². The molecule has 0 aliphatic carbocycles. The average Bonchev–Trinajstić information content (AvgIpc) is 3.17. The molecule has 204 valence electrons. The number of anilines is 1. The third kappa shape index (κ3) is 6.00. The second-order valence-corrected chi connectivity index (χ2v) is 11.2. The quantitative estimate of drug-likeness (QED) is 0.193. The molecule has 1 aliphatic heterocycles. The van der Waals surface area contributed by atoms with E-state index in [1.165, 1.54) is 4.90 Å². The molecule has 1 N–H and O–H groups in total. The summed E-state index contributed by atoms with van der Waals surface area (Å²) >= 11 is 0. The molecule has 1 unspecified atom stereocenters. The number of hydrogen-bond acceptors (Lipinski definition) is 5. The molecule has 3 aromatic rings. The maximum absolute atomic E-state index is 13.6. The summed E-state index contributed by atoms with van der Waals surface area (Å²) < 4.78 is 11.5. The molecule has 0 aromatic heterocycles. The minimum absolute atomic E-state index is 0.0336. The van der Waals surface area contributed by atoms with Crippen LogP contribution in [0.1, 0.15) is 64.3 Å². The number of Topliss-reactive ketones (excluding diaryl/α,β-unsaturated/α-hetero) is 1. The standard InChI is InChI=1S/C33H37NO5/c1-7-38-27-13-9-11-25(19-27)34-29(22-14-16-24(17-15-22)33(4,5)6)28(31(36)32(34)37)30(35)23-10-8-12-26(18-23)39-20-21(2)3/h8-19,21,29,35H,7,20H2,1-6H3/b30-28+. The number of aliphatic hydroxyl groups excluding tert-OH is 1. The maximum Gasteiger partial charge on any atom is 0.300 e. The fourth-order valence-electron chi connectivity index (χ4n) is 4.62. The zero-order chi connectivity index (χ0) is 28.3. The van der Waals surface area contributed by atoms with Crippen LogP contribution in [0.5, 0.6) is 11.5 Å². The van der Waals surface area contributed by atoms with Crippen molar-refractivity contribution in [3.63, 3.8) is 0 Å². The lowest BCUT2D eigenvalue weighted by Gasteiger charge is -2.27. The minimum Gasteiger partial charge on any atom is -0.507 e. The molecule has 0 spiro atoms. The SMILES string of the molecule is CCOc1cccc(N2C(=O)C(=O)/C(=C(/O)c3cccc(OCC(C)C)c3)C2c2ccc(C(C)(C)C)cc2)c1. The van der Waals surface area contributed by atoms with Crippen LogP contribution in [0.4, 0.5) is 5.69 Å². The lowest BCUT2D eigenvalue weighted by molar-refractivity contribution is -0.132. The fourth-order valence-corrected chi connectivity index (χ4v) is 4.62. The smallest absolute Gasteiger partial charge is 0.300 e. The van der Waals surface area contributed by atoms with E-state index in [1.54, 1.807) is 48.5 Å². The molecule has 0 bridgehead atoms. The van der Waals surface area contributed by atoms with Crippen LogP contribution in [-0.4, -0.2) is 30.0 Å². The average molecular weight is 528 g/mol. The van der Waals surface area contributed by atoms with Crippen LogP contribution < -0.4 is 14.4 Å². The van der Waals surface area contributed by atoms with Crippen molar-refractivity contribution in [1.29, 1.82) is 0 Å². The Morgan fingerprint density at radius 3 is 2.18 bits per heavy atom. The van der Waals surface area contributed by atoms with E-state index in [9.17, 15) is 14.7 Å². The predicted molar refractivity (Wildman–Crippen MR) is 154 cm³/mol. The van der Waals surface area contributed by atoms with Gasteiger partial charge >= 0.3 is 0 Å². The van der Waals surface area contributed by atoms with Crippen molar-refractivity contribution < 1.29 is 24.2 Å². The van der Waals surface area contributed by atoms with Crippen LogP contribution in [-0.2, 0) is 15.0 Å². The first-order valence-corrected chi connectivity index (χ1v) is 13.4. The maximum atomic E-state index is 13.6. The van der Waals surface area contributed by atoms with E-state index >= 15 is 0 Å². The van der Waals surface area contributed by atoms with Gasteiger partial charge in [0.1, 0.15) is 17.3 Å². The van der Waals surface area contributed by atoms with Crippen molar-refractivity contribution in [2.45, 2.75) is 53.0 Å². The highest BCUT2D eigenvalue weighted by Crippen LogP contribution is 2.43. The molecule has 1 fully saturated rings. The van der Waals surface area contributed by atoms with Gasteiger partial charge in [0.05, 0.1) is 24.8 Å². The van der Waals surface area contributed by atoms with E-state index in [2.05, 4.69) is 34.6 Å². The van der Waals surface area contributed by atoms with Crippen LogP contribution in [0, 0.1) is 5.92 Å². The molecule has 39 heavy (non-hydrogen) atoms. The zero-order valence-electron chi connectivity index (χ0n) is 23.5. The number of aliphatic hydroxyl groups is 1. The topological polar surface area (TPSA) is 76.1 Å². The van der Waals surface area contributed by atoms with Gasteiger partial charge in [0, 0.05) is 17.3 Å². The summed E-state index contributed by atoms with van der Waals surface area (Å²) in [5.74, 6) is -0.186. The third-order valence-corrected chi connectivity index (χ3v) is 6.63. The number of carbonyl (C=O) groups excluding carboxylic acids is 2. The molecule has 1 amide bonds. The van der Waals surface area contributed by atoms with Crippen LogP contribution >= 0.6 is 0 Å². The van der Waals surface area contributed by atoms with Crippen molar-refractivity contribution in [3.05, 3.63) is 95.1 Å². The van der Waals surface area contributed by atoms with Crippen molar-refractivity contribution in [3.8, 4) is 11.5 Å². The molecule has 1 aliphatic rings. The molecule has 1 atom stereocenters. The highest BCUT2D eigenvalue weighted by molar-refractivity contribution is 6.51. The molecule has 4 rings (SSSR count). The summed E-state index contributed by atoms with van der Waals surface area (Å²) in [6, 6.07) is 21.1. The van der Waals surface area contributed by atoms with E-state index < -0.39 is 17.7 Å². The van der Waals surface area contributed by atoms with E-state index in [-0.39, 0.29) is 16.7 Å². The molecule has 0 saturated carbocycles. The summed E-state index contributed by atoms with van der Waals surface area (Å²) in [5, 5.41) is 11.5. The molecule has 6 nitrogen and oxygen atoms in total. The van der Waals surface area contributed by atoms with Gasteiger partial charge in [-0.2, -0.15) is 0 Å². The van der Waals surface area contributed by atoms with E-state index in [0.717, 1.165) is 11.1 Å². The Bertz CT molecular complexity index is 1380. The molecular formula is C33H37NO5. The lowest BCUT2D eigenvalue weighted by Crippen LogP contribution is -2.29. The van der Waals surface area contributed by atoms with Gasteiger partial charge < -0.3 is 14.6 Å². The number of ether oxygens (including phenoxy) is 2. The molecule has 0 radical (unpaired) electrons. The Morgan fingerprint density at radius 1 is 0.923 bits per heavy atom. The minimum atomic E-state index is -0.823. The Labute approximate surface area is 230 Å². The Balaban J connectivity index is 1.87. The number of amides is 1. The first-order valence-electron chi connectivity index (χ1n) is 13.4. The van der Waals surface area contributed by atoms with Gasteiger partial charge in [0.25, 0.3) is 11.7 Å². The number of benzene rings is 3. The second kappa shape index (κ2) is 11.4. The summed E-state index contributed by atoms with van der Waals surface area (Å²) in [6.45, 7) is 13.4. The molecule has 1 heterocycles. The first-order chi connectivity index (χ1) is 18.5. The van der Waals surface area contributed by atoms with Crippen LogP contribution in [0.3, 0.4) is 0 Å². The summed E-state index contributed by atoms with van der Waals surface area (Å²) in [7, 11) is 0. The van der Waals surface area contributed by atoms with Crippen LogP contribution in [0.2, 0.25) is 0 Å². The van der Waals surface area contributed by atoms with Crippen molar-refractivity contribution in [2.75, 3.05) is 18.1 Å². The summed E-state index contributed by atoms with van der Waals surface area (Å²) in [6.07, 6.45) is 0. The van der Waals surface area contributed by atoms with Crippen molar-refractivity contribution in [2.24, 2.45) is 5.92 Å². The largest absolute Gasteiger partial charge is 0.507 e. The Kier molecular flexibility index (Phi) is 8.14. The fraction of sp³-hybridized carbons (Fsp3) is 0.333. The van der Waals surface area contributed by atoms with Gasteiger partial charge in [-0.1, -0.05) is 77.1 Å². The van der Waals surface area contributed by atoms with Gasteiger partial charge in [-0.3, -0.25) is 14.5 Å². The Morgan fingerprint density at radius 2 is 1.56 bits per heavy atom. The first kappa shape index (κ1) is 28.0. The second-order valence-electron chi connectivity index (χ2n) is 11.2. The molecule has 6 heteroatoms. The normalized spacial score (nSPS) is 17.1. The lowest BCUT2D eigenvalue weighted by atomic mass is 9.85. The highest BCUT2D eigenvalue weighted by Gasteiger charge is 2.47. The third-order valence-electron chi connectivity index (χ3n) is 6.63.